The monoisotopic (exact) mass is 439 g/mol. The number of hydrogen-bond donors (Lipinski definition) is 3. The molecule has 0 aliphatic heterocycles. The molecule has 0 heterocycles. The SMILES string of the molecule is CC(C)C(=O)Nc1cccc(CNC(=O)C(Cc2ccccc2)NC(=O)OC(C)(C)C)c1. The Morgan fingerprint density at radius 1 is 0.906 bits per heavy atom. The molecule has 0 saturated carbocycles. The number of carbonyl (C=O) groups is 3. The van der Waals surface area contributed by atoms with Crippen LogP contribution < -0.4 is 16.0 Å². The summed E-state index contributed by atoms with van der Waals surface area (Å²) in [5.41, 5.74) is 1.75. The van der Waals surface area contributed by atoms with Crippen molar-refractivity contribution in [2.75, 3.05) is 5.32 Å². The van der Waals surface area contributed by atoms with Crippen molar-refractivity contribution in [3.05, 3.63) is 65.7 Å². The van der Waals surface area contributed by atoms with Crippen molar-refractivity contribution >= 4 is 23.6 Å². The summed E-state index contributed by atoms with van der Waals surface area (Å²) in [4.78, 5) is 37.1. The lowest BCUT2D eigenvalue weighted by Gasteiger charge is -2.23. The van der Waals surface area contributed by atoms with Gasteiger partial charge in [0.15, 0.2) is 0 Å². The second-order valence-electron chi connectivity index (χ2n) is 8.95. The third kappa shape index (κ3) is 8.79. The summed E-state index contributed by atoms with van der Waals surface area (Å²) in [6.45, 7) is 9.21. The molecule has 32 heavy (non-hydrogen) atoms. The number of alkyl carbamates (subject to hydrolysis) is 1. The number of nitrogens with one attached hydrogen (secondary N) is 3. The van der Waals surface area contributed by atoms with Gasteiger partial charge >= 0.3 is 6.09 Å². The third-order valence-corrected chi connectivity index (χ3v) is 4.48. The molecule has 3 N–H and O–H groups in total. The molecule has 0 saturated heterocycles. The van der Waals surface area contributed by atoms with Crippen LogP contribution in [-0.2, 0) is 27.3 Å². The first-order chi connectivity index (χ1) is 15.0. The summed E-state index contributed by atoms with van der Waals surface area (Å²) in [6.07, 6.45) is -0.317. The zero-order valence-corrected chi connectivity index (χ0v) is 19.4. The molecule has 0 aliphatic carbocycles. The van der Waals surface area contributed by atoms with E-state index >= 15 is 0 Å². The van der Waals surface area contributed by atoms with E-state index in [2.05, 4.69) is 16.0 Å². The number of amides is 3. The van der Waals surface area contributed by atoms with Crippen molar-refractivity contribution in [3.63, 3.8) is 0 Å². The first kappa shape index (κ1) is 24.9. The lowest BCUT2D eigenvalue weighted by atomic mass is 10.1. The predicted molar refractivity (Wildman–Crippen MR) is 125 cm³/mol. The Labute approximate surface area is 189 Å². The number of hydrogen-bond acceptors (Lipinski definition) is 4. The number of rotatable bonds is 8. The van der Waals surface area contributed by atoms with E-state index in [-0.39, 0.29) is 24.3 Å². The van der Waals surface area contributed by atoms with Crippen molar-refractivity contribution in [2.24, 2.45) is 5.92 Å². The number of benzene rings is 2. The Kier molecular flexibility index (Phi) is 8.81. The number of ether oxygens (including phenoxy) is 1. The second kappa shape index (κ2) is 11.3. The van der Waals surface area contributed by atoms with Gasteiger partial charge in [0.2, 0.25) is 11.8 Å². The fourth-order valence-electron chi connectivity index (χ4n) is 2.87. The highest BCUT2D eigenvalue weighted by Gasteiger charge is 2.24. The third-order valence-electron chi connectivity index (χ3n) is 4.48. The Bertz CT molecular complexity index is 920. The maximum Gasteiger partial charge on any atom is 0.408 e. The molecule has 0 radical (unpaired) electrons. The van der Waals surface area contributed by atoms with Crippen LogP contribution in [-0.4, -0.2) is 29.6 Å². The summed E-state index contributed by atoms with van der Waals surface area (Å²) in [5, 5.41) is 8.39. The normalized spacial score (nSPS) is 12.1. The summed E-state index contributed by atoms with van der Waals surface area (Å²) >= 11 is 0. The van der Waals surface area contributed by atoms with E-state index in [4.69, 9.17) is 4.74 Å². The Balaban J connectivity index is 2.05. The van der Waals surface area contributed by atoms with Gasteiger partial charge in [0.05, 0.1) is 0 Å². The van der Waals surface area contributed by atoms with Gasteiger partial charge in [-0.15, -0.1) is 0 Å². The van der Waals surface area contributed by atoms with Crippen molar-refractivity contribution in [3.8, 4) is 0 Å². The van der Waals surface area contributed by atoms with Crippen LogP contribution in [0.15, 0.2) is 54.6 Å². The van der Waals surface area contributed by atoms with E-state index in [0.29, 0.717) is 12.1 Å². The Morgan fingerprint density at radius 3 is 2.19 bits per heavy atom. The molecule has 3 amide bonds. The van der Waals surface area contributed by atoms with E-state index in [0.717, 1.165) is 11.1 Å². The average molecular weight is 440 g/mol. The highest BCUT2D eigenvalue weighted by molar-refractivity contribution is 5.92. The molecule has 0 aromatic heterocycles. The lowest BCUT2D eigenvalue weighted by molar-refractivity contribution is -0.123. The maximum atomic E-state index is 12.9. The van der Waals surface area contributed by atoms with Gasteiger partial charge in [-0.1, -0.05) is 56.3 Å². The minimum atomic E-state index is -0.795. The van der Waals surface area contributed by atoms with Gasteiger partial charge in [0.25, 0.3) is 0 Å². The molecule has 1 unspecified atom stereocenters. The van der Waals surface area contributed by atoms with Crippen molar-refractivity contribution in [1.29, 1.82) is 0 Å². The van der Waals surface area contributed by atoms with Crippen LogP contribution in [0.3, 0.4) is 0 Å². The largest absolute Gasteiger partial charge is 0.444 e. The molecule has 0 fully saturated rings. The van der Waals surface area contributed by atoms with Gasteiger partial charge in [0.1, 0.15) is 11.6 Å². The Morgan fingerprint density at radius 2 is 1.56 bits per heavy atom. The summed E-state index contributed by atoms with van der Waals surface area (Å²) in [7, 11) is 0. The van der Waals surface area contributed by atoms with Gasteiger partial charge in [-0.25, -0.2) is 4.79 Å². The van der Waals surface area contributed by atoms with Crippen LogP contribution >= 0.6 is 0 Å². The Hall–Kier alpha value is -3.35. The van der Waals surface area contributed by atoms with E-state index in [1.165, 1.54) is 0 Å². The smallest absolute Gasteiger partial charge is 0.408 e. The average Bonchev–Trinajstić information content (AvgIpc) is 2.71. The molecule has 7 heteroatoms. The van der Waals surface area contributed by atoms with Gasteiger partial charge in [0, 0.05) is 24.6 Å². The molecular formula is C25H33N3O4. The van der Waals surface area contributed by atoms with Gasteiger partial charge < -0.3 is 20.7 Å². The molecule has 0 aliphatic rings. The van der Waals surface area contributed by atoms with Crippen LogP contribution in [0, 0.1) is 5.92 Å². The summed E-state index contributed by atoms with van der Waals surface area (Å²) in [6, 6.07) is 16.0. The fraction of sp³-hybridized carbons (Fsp3) is 0.400. The minimum absolute atomic E-state index is 0.0735. The maximum absolute atomic E-state index is 12.9. The zero-order chi connectivity index (χ0) is 23.7. The second-order valence-corrected chi connectivity index (χ2v) is 8.95. The quantitative estimate of drug-likeness (QED) is 0.578. The van der Waals surface area contributed by atoms with E-state index < -0.39 is 17.7 Å². The number of carbonyl (C=O) groups excluding carboxylic acids is 3. The molecular weight excluding hydrogens is 406 g/mol. The van der Waals surface area contributed by atoms with Crippen LogP contribution in [0.1, 0.15) is 45.7 Å². The topological polar surface area (TPSA) is 96.5 Å². The molecule has 172 valence electrons. The summed E-state index contributed by atoms with van der Waals surface area (Å²) in [5.74, 6) is -0.525. The molecule has 2 rings (SSSR count). The van der Waals surface area contributed by atoms with Crippen LogP contribution in [0.4, 0.5) is 10.5 Å². The number of anilines is 1. The van der Waals surface area contributed by atoms with Crippen molar-refractivity contribution in [2.45, 2.75) is 59.2 Å². The molecule has 0 spiro atoms. The van der Waals surface area contributed by atoms with Gasteiger partial charge in [-0.05, 0) is 44.0 Å². The van der Waals surface area contributed by atoms with E-state index in [1.807, 2.05) is 62.4 Å². The first-order valence-electron chi connectivity index (χ1n) is 10.7. The lowest BCUT2D eigenvalue weighted by Crippen LogP contribution is -2.49. The standard InChI is InChI=1S/C25H33N3O4/c1-17(2)22(29)27-20-13-9-12-19(14-20)16-26-23(30)21(15-18-10-7-6-8-11-18)28-24(31)32-25(3,4)5/h6-14,17,21H,15-16H2,1-5H3,(H,26,30)(H,27,29)(H,28,31). The molecule has 2 aromatic carbocycles. The van der Waals surface area contributed by atoms with Gasteiger partial charge in [-0.3, -0.25) is 9.59 Å². The predicted octanol–water partition coefficient (Wildman–Crippen LogP) is 4.03. The zero-order valence-electron chi connectivity index (χ0n) is 19.4. The van der Waals surface area contributed by atoms with E-state index in [1.54, 1.807) is 26.8 Å². The van der Waals surface area contributed by atoms with Crippen molar-refractivity contribution in [1.82, 2.24) is 10.6 Å². The molecule has 7 nitrogen and oxygen atoms in total. The summed E-state index contributed by atoms with van der Waals surface area (Å²) < 4.78 is 5.32. The van der Waals surface area contributed by atoms with Crippen LogP contribution in [0.2, 0.25) is 0 Å². The van der Waals surface area contributed by atoms with Gasteiger partial charge in [-0.2, -0.15) is 0 Å². The van der Waals surface area contributed by atoms with E-state index in [9.17, 15) is 14.4 Å². The van der Waals surface area contributed by atoms with Crippen LogP contribution in [0.5, 0.6) is 0 Å². The highest BCUT2D eigenvalue weighted by atomic mass is 16.6. The first-order valence-corrected chi connectivity index (χ1v) is 10.7. The molecule has 1 atom stereocenters. The molecule has 2 aromatic rings. The minimum Gasteiger partial charge on any atom is -0.444 e. The van der Waals surface area contributed by atoms with Crippen LogP contribution in [0.25, 0.3) is 0 Å². The molecule has 0 bridgehead atoms. The fourth-order valence-corrected chi connectivity index (χ4v) is 2.87. The van der Waals surface area contributed by atoms with Crippen molar-refractivity contribution < 1.29 is 19.1 Å². The highest BCUT2D eigenvalue weighted by Crippen LogP contribution is 2.13.